The molecule has 1 saturated heterocycles. The van der Waals surface area contributed by atoms with Crippen molar-refractivity contribution in [3.63, 3.8) is 0 Å². The Morgan fingerprint density at radius 1 is 1.24 bits per heavy atom. The van der Waals surface area contributed by atoms with Crippen LogP contribution in [0.25, 0.3) is 11.4 Å². The van der Waals surface area contributed by atoms with Gasteiger partial charge in [0.2, 0.25) is 5.82 Å². The van der Waals surface area contributed by atoms with E-state index in [0.717, 1.165) is 30.8 Å². The fourth-order valence-electron chi connectivity index (χ4n) is 3.56. The van der Waals surface area contributed by atoms with E-state index in [2.05, 4.69) is 31.9 Å². The maximum absolute atomic E-state index is 6.03. The van der Waals surface area contributed by atoms with Crippen molar-refractivity contribution in [1.29, 1.82) is 0 Å². The standard InChI is InChI=1S/C20H25N5O4/c1-4-25-10-9-21-19(25)17-14(6-5-11-28-17)22-20-23-18(24-29-20)13-7-8-15(26-2)16(12-13)27-3/h7-10,12,14,17H,4-6,11H2,1-3H3,(H,22,23,24)/t14-,17-/m0/s1. The quantitative estimate of drug-likeness (QED) is 0.646. The van der Waals surface area contributed by atoms with Crippen LogP contribution in [0.4, 0.5) is 6.01 Å². The first-order chi connectivity index (χ1) is 14.2. The van der Waals surface area contributed by atoms with E-state index in [-0.39, 0.29) is 12.1 Å². The van der Waals surface area contributed by atoms with Gasteiger partial charge >= 0.3 is 6.01 Å². The third-order valence-corrected chi connectivity index (χ3v) is 5.04. The number of nitrogens with one attached hydrogen (secondary N) is 1. The molecule has 154 valence electrons. The summed E-state index contributed by atoms with van der Waals surface area (Å²) in [6.07, 6.45) is 5.48. The number of benzene rings is 1. The number of aromatic nitrogens is 4. The number of aryl methyl sites for hydroxylation is 1. The van der Waals surface area contributed by atoms with Crippen LogP contribution in [0.15, 0.2) is 35.1 Å². The van der Waals surface area contributed by atoms with Gasteiger partial charge in [0.05, 0.1) is 20.3 Å². The fourth-order valence-corrected chi connectivity index (χ4v) is 3.56. The molecule has 1 N–H and O–H groups in total. The molecular weight excluding hydrogens is 374 g/mol. The van der Waals surface area contributed by atoms with E-state index in [0.29, 0.717) is 29.9 Å². The number of hydrogen-bond donors (Lipinski definition) is 1. The molecule has 9 nitrogen and oxygen atoms in total. The van der Waals surface area contributed by atoms with Gasteiger partial charge in [0.15, 0.2) is 11.5 Å². The number of imidazole rings is 1. The number of hydrogen-bond acceptors (Lipinski definition) is 8. The van der Waals surface area contributed by atoms with Gasteiger partial charge in [0.1, 0.15) is 11.9 Å². The molecule has 1 aromatic carbocycles. The summed E-state index contributed by atoms with van der Waals surface area (Å²) in [5.41, 5.74) is 0.775. The summed E-state index contributed by atoms with van der Waals surface area (Å²) in [6.45, 7) is 3.63. The van der Waals surface area contributed by atoms with Crippen molar-refractivity contribution >= 4 is 6.01 Å². The zero-order chi connectivity index (χ0) is 20.2. The van der Waals surface area contributed by atoms with Gasteiger partial charge in [-0.2, -0.15) is 4.98 Å². The average molecular weight is 399 g/mol. The van der Waals surface area contributed by atoms with Crippen LogP contribution in [0.5, 0.6) is 11.5 Å². The highest BCUT2D eigenvalue weighted by Crippen LogP contribution is 2.33. The largest absolute Gasteiger partial charge is 0.493 e. The first kappa shape index (κ1) is 19.3. The van der Waals surface area contributed by atoms with Crippen LogP contribution in [-0.2, 0) is 11.3 Å². The predicted octanol–water partition coefficient (Wildman–Crippen LogP) is 3.30. The minimum atomic E-state index is -0.171. The molecule has 3 heterocycles. The Morgan fingerprint density at radius 3 is 2.90 bits per heavy atom. The molecule has 2 aromatic heterocycles. The number of ether oxygens (including phenoxy) is 3. The minimum absolute atomic E-state index is 0.00449. The lowest BCUT2D eigenvalue weighted by Gasteiger charge is -2.31. The lowest BCUT2D eigenvalue weighted by molar-refractivity contribution is -0.00235. The van der Waals surface area contributed by atoms with E-state index in [9.17, 15) is 0 Å². The van der Waals surface area contributed by atoms with Crippen molar-refractivity contribution in [1.82, 2.24) is 19.7 Å². The van der Waals surface area contributed by atoms with Crippen LogP contribution in [0, 0.1) is 0 Å². The second kappa shape index (κ2) is 8.52. The highest BCUT2D eigenvalue weighted by Gasteiger charge is 2.31. The molecule has 1 fully saturated rings. The number of methoxy groups -OCH3 is 2. The van der Waals surface area contributed by atoms with Gasteiger partial charge in [0.25, 0.3) is 0 Å². The second-order valence-electron chi connectivity index (χ2n) is 6.75. The molecule has 0 aliphatic carbocycles. The Bertz CT molecular complexity index is 954. The molecule has 2 atom stereocenters. The zero-order valence-corrected chi connectivity index (χ0v) is 16.8. The molecule has 1 aliphatic rings. The van der Waals surface area contributed by atoms with E-state index in [1.165, 1.54) is 0 Å². The van der Waals surface area contributed by atoms with Crippen LogP contribution in [0.3, 0.4) is 0 Å². The molecule has 0 saturated carbocycles. The van der Waals surface area contributed by atoms with Crippen LogP contribution < -0.4 is 14.8 Å². The Balaban J connectivity index is 1.53. The van der Waals surface area contributed by atoms with Crippen LogP contribution in [0.1, 0.15) is 31.7 Å². The Hall–Kier alpha value is -3.07. The third-order valence-electron chi connectivity index (χ3n) is 5.04. The second-order valence-corrected chi connectivity index (χ2v) is 6.75. The molecule has 4 rings (SSSR count). The van der Waals surface area contributed by atoms with E-state index in [4.69, 9.17) is 18.7 Å². The van der Waals surface area contributed by atoms with Gasteiger partial charge < -0.3 is 28.6 Å². The molecule has 0 bridgehead atoms. The smallest absolute Gasteiger partial charge is 0.322 e. The normalized spacial score (nSPS) is 19.1. The average Bonchev–Trinajstić information content (AvgIpc) is 3.43. The van der Waals surface area contributed by atoms with E-state index in [1.54, 1.807) is 20.4 Å². The summed E-state index contributed by atoms with van der Waals surface area (Å²) in [5, 5.41) is 7.44. The molecule has 9 heteroatoms. The van der Waals surface area contributed by atoms with E-state index < -0.39 is 0 Å². The first-order valence-corrected chi connectivity index (χ1v) is 9.68. The predicted molar refractivity (Wildman–Crippen MR) is 106 cm³/mol. The van der Waals surface area contributed by atoms with Crippen LogP contribution in [-0.4, -0.2) is 46.6 Å². The Labute approximate surface area is 169 Å². The molecule has 0 unspecified atom stereocenters. The van der Waals surface area contributed by atoms with Crippen molar-refractivity contribution in [2.24, 2.45) is 0 Å². The van der Waals surface area contributed by atoms with Crippen LogP contribution >= 0.6 is 0 Å². The van der Waals surface area contributed by atoms with E-state index in [1.807, 2.05) is 24.4 Å². The van der Waals surface area contributed by atoms with Gasteiger partial charge in [-0.25, -0.2) is 4.98 Å². The molecule has 0 amide bonds. The first-order valence-electron chi connectivity index (χ1n) is 9.68. The lowest BCUT2D eigenvalue weighted by Crippen LogP contribution is -2.35. The van der Waals surface area contributed by atoms with E-state index >= 15 is 0 Å². The summed E-state index contributed by atoms with van der Waals surface area (Å²) in [6, 6.07) is 5.84. The SMILES string of the molecule is CCn1ccnc1[C@H]1OCCC[C@@H]1Nc1nc(-c2ccc(OC)c(OC)c2)no1. The van der Waals surface area contributed by atoms with Gasteiger partial charge in [-0.1, -0.05) is 5.16 Å². The summed E-state index contributed by atoms with van der Waals surface area (Å²) in [5.74, 6) is 2.63. The monoisotopic (exact) mass is 399 g/mol. The number of nitrogens with zero attached hydrogens (tertiary/aromatic N) is 4. The Morgan fingerprint density at radius 2 is 2.10 bits per heavy atom. The van der Waals surface area contributed by atoms with Gasteiger partial charge in [0, 0.05) is 31.1 Å². The van der Waals surface area contributed by atoms with Gasteiger partial charge in [-0.05, 0) is 38.0 Å². The van der Waals surface area contributed by atoms with Gasteiger partial charge in [-0.15, -0.1) is 0 Å². The van der Waals surface area contributed by atoms with Crippen molar-refractivity contribution in [2.45, 2.75) is 38.5 Å². The molecule has 1 aliphatic heterocycles. The summed E-state index contributed by atoms with van der Waals surface area (Å²) in [4.78, 5) is 8.99. The molecule has 3 aromatic rings. The fraction of sp³-hybridized carbons (Fsp3) is 0.450. The topological polar surface area (TPSA) is 96.5 Å². The number of anilines is 1. The van der Waals surface area contributed by atoms with Crippen molar-refractivity contribution < 1.29 is 18.7 Å². The molecule has 29 heavy (non-hydrogen) atoms. The minimum Gasteiger partial charge on any atom is -0.493 e. The van der Waals surface area contributed by atoms with Crippen molar-refractivity contribution in [3.8, 4) is 22.9 Å². The lowest BCUT2D eigenvalue weighted by atomic mass is 10.0. The van der Waals surface area contributed by atoms with Crippen molar-refractivity contribution in [3.05, 3.63) is 36.4 Å². The van der Waals surface area contributed by atoms with Crippen molar-refractivity contribution in [2.75, 3.05) is 26.1 Å². The van der Waals surface area contributed by atoms with Crippen LogP contribution in [0.2, 0.25) is 0 Å². The molecule has 0 radical (unpaired) electrons. The summed E-state index contributed by atoms with van der Waals surface area (Å²) >= 11 is 0. The zero-order valence-electron chi connectivity index (χ0n) is 16.8. The highest BCUT2D eigenvalue weighted by molar-refractivity contribution is 5.61. The molecular formula is C20H25N5O4. The summed E-state index contributed by atoms with van der Waals surface area (Å²) < 4.78 is 24.2. The maximum Gasteiger partial charge on any atom is 0.322 e. The Kier molecular flexibility index (Phi) is 5.66. The van der Waals surface area contributed by atoms with Gasteiger partial charge in [-0.3, -0.25) is 0 Å². The third kappa shape index (κ3) is 3.91. The molecule has 0 spiro atoms. The summed E-state index contributed by atoms with van der Waals surface area (Å²) in [7, 11) is 3.19. The number of rotatable bonds is 7. The maximum atomic E-state index is 6.03. The highest BCUT2D eigenvalue weighted by atomic mass is 16.5.